The van der Waals surface area contributed by atoms with Gasteiger partial charge in [0.2, 0.25) is 0 Å². The van der Waals surface area contributed by atoms with Gasteiger partial charge in [0.05, 0.1) is 0 Å². The molecule has 0 aliphatic carbocycles. The second-order valence-corrected chi connectivity index (χ2v) is 5.13. The van der Waals surface area contributed by atoms with Crippen molar-refractivity contribution in [1.29, 1.82) is 0 Å². The highest BCUT2D eigenvalue weighted by molar-refractivity contribution is 5.88. The van der Waals surface area contributed by atoms with Gasteiger partial charge in [-0.15, -0.1) is 0 Å². The van der Waals surface area contributed by atoms with Gasteiger partial charge in [-0.25, -0.2) is 19.4 Å². The first-order chi connectivity index (χ1) is 10.1. The summed E-state index contributed by atoms with van der Waals surface area (Å²) in [7, 11) is 0. The molecule has 0 aromatic rings. The topological polar surface area (TPSA) is 52.6 Å². The van der Waals surface area contributed by atoms with Crippen LogP contribution in [-0.4, -0.2) is 11.9 Å². The van der Waals surface area contributed by atoms with E-state index in [1.165, 1.54) is 44.9 Å². The van der Waals surface area contributed by atoms with E-state index in [2.05, 4.69) is 23.3 Å². The third kappa shape index (κ3) is 11.9. The first-order valence-corrected chi connectivity index (χ1v) is 7.83. The number of unbranched alkanes of at least 4 members (excludes halogenated alkanes) is 8. The van der Waals surface area contributed by atoms with Crippen molar-refractivity contribution in [2.75, 3.05) is 0 Å². The largest absolute Gasteiger partial charge is 0.381 e. The van der Waals surface area contributed by atoms with Crippen LogP contribution in [0.1, 0.15) is 71.6 Å². The summed E-state index contributed by atoms with van der Waals surface area (Å²) in [6, 6.07) is 0. The van der Waals surface area contributed by atoms with Crippen molar-refractivity contribution in [3.8, 4) is 0 Å². The van der Waals surface area contributed by atoms with E-state index in [-0.39, 0.29) is 0 Å². The highest BCUT2D eigenvalue weighted by atomic mass is 17.2. The molecule has 0 aromatic carbocycles. The zero-order valence-corrected chi connectivity index (χ0v) is 13.4. The van der Waals surface area contributed by atoms with Gasteiger partial charge in [0.1, 0.15) is 0 Å². The molecular weight excluding hydrogens is 268 g/mol. The number of hydrogen-bond donors (Lipinski definition) is 0. The molecule has 0 amide bonds. The summed E-state index contributed by atoms with van der Waals surface area (Å²) in [6.07, 6.45) is 13.7. The van der Waals surface area contributed by atoms with Gasteiger partial charge in [0.25, 0.3) is 0 Å². The molecule has 0 spiro atoms. The number of hydrogen-bond acceptors (Lipinski definition) is 4. The van der Waals surface area contributed by atoms with E-state index in [1.807, 2.05) is 6.08 Å². The lowest BCUT2D eigenvalue weighted by atomic mass is 10.1. The molecule has 0 aliphatic rings. The molecule has 120 valence electrons. The Morgan fingerprint density at radius 1 is 0.952 bits per heavy atom. The summed E-state index contributed by atoms with van der Waals surface area (Å²) in [4.78, 5) is 30.7. The SMILES string of the molecule is C=CC(=O)OOC(=O)/C(C)=C/CCCCCCCCCC. The standard InChI is InChI=1S/C17H28O4/c1-4-6-7-8-9-10-11-12-13-14-15(3)17(19)21-20-16(18)5-2/h5,14H,2,4,6-13H2,1,3H3/b15-14+. The molecule has 4 heteroatoms. The van der Waals surface area contributed by atoms with E-state index >= 15 is 0 Å². The maximum Gasteiger partial charge on any atom is 0.381 e. The zero-order chi connectivity index (χ0) is 15.9. The lowest BCUT2D eigenvalue weighted by Gasteiger charge is -2.02. The van der Waals surface area contributed by atoms with Crippen LogP contribution in [0.4, 0.5) is 0 Å². The van der Waals surface area contributed by atoms with E-state index < -0.39 is 11.9 Å². The third-order valence-electron chi connectivity index (χ3n) is 3.20. The molecule has 0 aliphatic heterocycles. The van der Waals surface area contributed by atoms with Crippen molar-refractivity contribution in [2.45, 2.75) is 71.6 Å². The van der Waals surface area contributed by atoms with E-state index in [4.69, 9.17) is 0 Å². The number of carbonyl (C=O) groups is 2. The Morgan fingerprint density at radius 3 is 2.10 bits per heavy atom. The van der Waals surface area contributed by atoms with Crippen molar-refractivity contribution in [1.82, 2.24) is 0 Å². The monoisotopic (exact) mass is 296 g/mol. The maximum absolute atomic E-state index is 11.4. The lowest BCUT2D eigenvalue weighted by Crippen LogP contribution is -2.10. The van der Waals surface area contributed by atoms with Crippen LogP contribution in [0.25, 0.3) is 0 Å². The molecule has 0 unspecified atom stereocenters. The molecule has 4 nitrogen and oxygen atoms in total. The van der Waals surface area contributed by atoms with Crippen molar-refractivity contribution in [3.63, 3.8) is 0 Å². The van der Waals surface area contributed by atoms with Crippen LogP contribution in [0.2, 0.25) is 0 Å². The van der Waals surface area contributed by atoms with Crippen LogP contribution in [-0.2, 0) is 19.4 Å². The van der Waals surface area contributed by atoms with Gasteiger partial charge in [-0.3, -0.25) is 0 Å². The highest BCUT2D eigenvalue weighted by Crippen LogP contribution is 2.10. The quantitative estimate of drug-likeness (QED) is 0.241. The predicted octanol–water partition coefficient (Wildman–Crippen LogP) is 4.65. The van der Waals surface area contributed by atoms with Gasteiger partial charge < -0.3 is 0 Å². The summed E-state index contributed by atoms with van der Waals surface area (Å²) >= 11 is 0. The molecule has 21 heavy (non-hydrogen) atoms. The number of carbonyl (C=O) groups excluding carboxylic acids is 2. The number of rotatable bonds is 11. The molecule has 0 aromatic heterocycles. The first-order valence-electron chi connectivity index (χ1n) is 7.83. The van der Waals surface area contributed by atoms with Crippen molar-refractivity contribution in [2.24, 2.45) is 0 Å². The molecule has 0 fully saturated rings. The van der Waals surface area contributed by atoms with Crippen molar-refractivity contribution < 1.29 is 19.4 Å². The van der Waals surface area contributed by atoms with Crippen LogP contribution < -0.4 is 0 Å². The zero-order valence-electron chi connectivity index (χ0n) is 13.4. The van der Waals surface area contributed by atoms with Gasteiger partial charge in [-0.05, 0) is 19.8 Å². The molecule has 0 rings (SSSR count). The second-order valence-electron chi connectivity index (χ2n) is 5.13. The minimum absolute atomic E-state index is 0.454. The molecular formula is C17H28O4. The summed E-state index contributed by atoms with van der Waals surface area (Å²) in [5.74, 6) is -1.41. The van der Waals surface area contributed by atoms with Crippen LogP contribution in [0.15, 0.2) is 24.3 Å². The van der Waals surface area contributed by atoms with E-state index in [0.29, 0.717) is 5.57 Å². The molecule has 0 atom stereocenters. The van der Waals surface area contributed by atoms with Gasteiger partial charge in [-0.1, -0.05) is 64.5 Å². The first kappa shape index (κ1) is 19.4. The predicted molar refractivity (Wildman–Crippen MR) is 83.4 cm³/mol. The molecule has 0 N–H and O–H groups in total. The summed E-state index contributed by atoms with van der Waals surface area (Å²) in [5, 5.41) is 0. The van der Waals surface area contributed by atoms with E-state index in [0.717, 1.165) is 18.9 Å². The van der Waals surface area contributed by atoms with Crippen LogP contribution in [0.5, 0.6) is 0 Å². The van der Waals surface area contributed by atoms with Gasteiger partial charge in [-0.2, -0.15) is 0 Å². The Hall–Kier alpha value is -1.58. The fourth-order valence-corrected chi connectivity index (χ4v) is 1.86. The Morgan fingerprint density at radius 2 is 1.52 bits per heavy atom. The summed E-state index contributed by atoms with van der Waals surface area (Å²) in [5.41, 5.74) is 0.454. The average Bonchev–Trinajstić information content (AvgIpc) is 2.50. The molecule has 0 saturated heterocycles. The fourth-order valence-electron chi connectivity index (χ4n) is 1.86. The van der Waals surface area contributed by atoms with Crippen molar-refractivity contribution in [3.05, 3.63) is 24.3 Å². The minimum Gasteiger partial charge on any atom is -0.242 e. The van der Waals surface area contributed by atoms with Crippen LogP contribution >= 0.6 is 0 Å². The smallest absolute Gasteiger partial charge is 0.242 e. The minimum atomic E-state index is -0.778. The van der Waals surface area contributed by atoms with E-state index in [9.17, 15) is 9.59 Å². The Bertz CT molecular complexity index is 345. The molecule has 0 saturated carbocycles. The van der Waals surface area contributed by atoms with Gasteiger partial charge >= 0.3 is 11.9 Å². The Kier molecular flexibility index (Phi) is 12.4. The number of allylic oxidation sites excluding steroid dienone is 1. The second kappa shape index (κ2) is 13.4. The molecule has 0 radical (unpaired) electrons. The molecule has 0 bridgehead atoms. The normalized spacial score (nSPS) is 11.0. The van der Waals surface area contributed by atoms with Crippen molar-refractivity contribution >= 4 is 11.9 Å². The van der Waals surface area contributed by atoms with E-state index in [1.54, 1.807) is 6.92 Å². The van der Waals surface area contributed by atoms with Gasteiger partial charge in [0, 0.05) is 11.6 Å². The van der Waals surface area contributed by atoms with Crippen LogP contribution in [0, 0.1) is 0 Å². The third-order valence-corrected chi connectivity index (χ3v) is 3.20. The summed E-state index contributed by atoms with van der Waals surface area (Å²) in [6.45, 7) is 7.07. The summed E-state index contributed by atoms with van der Waals surface area (Å²) < 4.78 is 0. The van der Waals surface area contributed by atoms with Crippen LogP contribution in [0.3, 0.4) is 0 Å². The lowest BCUT2D eigenvalue weighted by molar-refractivity contribution is -0.251. The van der Waals surface area contributed by atoms with Gasteiger partial charge in [0.15, 0.2) is 0 Å². The highest BCUT2D eigenvalue weighted by Gasteiger charge is 2.08. The average molecular weight is 296 g/mol. The maximum atomic E-state index is 11.4. The Labute approximate surface area is 128 Å². The Balaban J connectivity index is 3.61. The fraction of sp³-hybridized carbons (Fsp3) is 0.647. The molecule has 0 heterocycles.